The van der Waals surface area contributed by atoms with Crippen LogP contribution >= 0.6 is 0 Å². The fraction of sp³-hybridized carbons (Fsp3) is 0.0667. The lowest BCUT2D eigenvalue weighted by atomic mass is 10.1. The first-order chi connectivity index (χ1) is 10.0. The summed E-state index contributed by atoms with van der Waals surface area (Å²) in [6.45, 7) is 0. The van der Waals surface area contributed by atoms with Crippen LogP contribution < -0.4 is 4.90 Å². The van der Waals surface area contributed by atoms with Gasteiger partial charge in [-0.1, -0.05) is 0 Å². The van der Waals surface area contributed by atoms with Gasteiger partial charge in [0, 0.05) is 30.4 Å². The van der Waals surface area contributed by atoms with E-state index in [0.29, 0.717) is 16.8 Å². The summed E-state index contributed by atoms with van der Waals surface area (Å²) in [5.74, 6) is -0.256. The highest BCUT2D eigenvalue weighted by Crippen LogP contribution is 2.20. The number of anilines is 1. The molecular weight excluding hydrogens is 270 g/mol. The Bertz CT molecular complexity index is 715. The van der Waals surface area contributed by atoms with Crippen molar-refractivity contribution in [3.8, 4) is 6.07 Å². The van der Waals surface area contributed by atoms with E-state index in [1.54, 1.807) is 31.3 Å². The van der Waals surface area contributed by atoms with Crippen LogP contribution in [0.15, 0.2) is 48.5 Å². The summed E-state index contributed by atoms with van der Waals surface area (Å²) in [5, 5.41) is 19.3. The van der Waals surface area contributed by atoms with Crippen LogP contribution in [0.1, 0.15) is 15.9 Å². The molecule has 6 heteroatoms. The summed E-state index contributed by atoms with van der Waals surface area (Å²) in [6, 6.07) is 14.0. The van der Waals surface area contributed by atoms with Crippen molar-refractivity contribution in [1.29, 1.82) is 5.26 Å². The summed E-state index contributed by atoms with van der Waals surface area (Å²) in [4.78, 5) is 23.8. The predicted octanol–water partition coefficient (Wildman–Crippen LogP) is 2.74. The summed E-state index contributed by atoms with van der Waals surface area (Å²) >= 11 is 0. The first-order valence-corrected chi connectivity index (χ1v) is 6.05. The molecule has 0 saturated heterocycles. The van der Waals surface area contributed by atoms with Gasteiger partial charge < -0.3 is 4.90 Å². The number of nitriles is 1. The van der Waals surface area contributed by atoms with Gasteiger partial charge in [-0.15, -0.1) is 0 Å². The molecule has 0 fully saturated rings. The number of benzene rings is 2. The number of rotatable bonds is 3. The minimum atomic E-state index is -0.494. The molecule has 1 amide bonds. The number of hydrogen-bond acceptors (Lipinski definition) is 4. The maximum Gasteiger partial charge on any atom is 0.269 e. The molecule has 0 aromatic heterocycles. The van der Waals surface area contributed by atoms with E-state index in [1.165, 1.54) is 29.2 Å². The Morgan fingerprint density at radius 3 is 2.19 bits per heavy atom. The van der Waals surface area contributed by atoms with Gasteiger partial charge >= 0.3 is 0 Å². The van der Waals surface area contributed by atoms with Crippen molar-refractivity contribution in [3.63, 3.8) is 0 Å². The van der Waals surface area contributed by atoms with Crippen molar-refractivity contribution in [1.82, 2.24) is 0 Å². The zero-order chi connectivity index (χ0) is 15.4. The molecule has 2 aromatic carbocycles. The fourth-order valence-electron chi connectivity index (χ4n) is 1.80. The molecular formula is C15H11N3O3. The summed E-state index contributed by atoms with van der Waals surface area (Å²) in [7, 11) is 1.59. The quantitative estimate of drug-likeness (QED) is 0.639. The molecule has 0 saturated carbocycles. The van der Waals surface area contributed by atoms with Crippen LogP contribution in [0.4, 0.5) is 11.4 Å². The van der Waals surface area contributed by atoms with Gasteiger partial charge in [0.2, 0.25) is 0 Å². The third-order valence-electron chi connectivity index (χ3n) is 3.01. The van der Waals surface area contributed by atoms with Crippen LogP contribution in [0.2, 0.25) is 0 Å². The molecule has 0 bridgehead atoms. The van der Waals surface area contributed by atoms with E-state index in [0.717, 1.165) is 0 Å². The molecule has 21 heavy (non-hydrogen) atoms. The number of nitro benzene ring substituents is 1. The third-order valence-corrected chi connectivity index (χ3v) is 3.01. The zero-order valence-electron chi connectivity index (χ0n) is 11.2. The van der Waals surface area contributed by atoms with E-state index >= 15 is 0 Å². The number of nitro groups is 1. The van der Waals surface area contributed by atoms with Gasteiger partial charge in [-0.3, -0.25) is 14.9 Å². The summed E-state index contributed by atoms with van der Waals surface area (Å²) in [5.41, 5.74) is 1.44. The maximum absolute atomic E-state index is 12.3. The van der Waals surface area contributed by atoms with Crippen LogP contribution in [0, 0.1) is 21.4 Å². The Hall–Kier alpha value is -3.20. The average Bonchev–Trinajstić information content (AvgIpc) is 2.53. The maximum atomic E-state index is 12.3. The average molecular weight is 281 g/mol. The van der Waals surface area contributed by atoms with Crippen molar-refractivity contribution in [2.45, 2.75) is 0 Å². The van der Waals surface area contributed by atoms with Crippen LogP contribution in [0.25, 0.3) is 0 Å². The largest absolute Gasteiger partial charge is 0.311 e. The molecule has 0 unspecified atom stereocenters. The van der Waals surface area contributed by atoms with E-state index in [2.05, 4.69) is 0 Å². The molecule has 0 radical (unpaired) electrons. The lowest BCUT2D eigenvalue weighted by molar-refractivity contribution is -0.384. The monoisotopic (exact) mass is 281 g/mol. The Morgan fingerprint density at radius 1 is 1.14 bits per heavy atom. The molecule has 0 aliphatic heterocycles. The zero-order valence-corrected chi connectivity index (χ0v) is 11.2. The minimum absolute atomic E-state index is 0.0297. The summed E-state index contributed by atoms with van der Waals surface area (Å²) in [6.07, 6.45) is 0. The van der Waals surface area contributed by atoms with Gasteiger partial charge in [0.05, 0.1) is 16.6 Å². The number of amides is 1. The second kappa shape index (κ2) is 5.84. The Labute approximate surface area is 121 Å². The smallest absolute Gasteiger partial charge is 0.269 e. The van der Waals surface area contributed by atoms with Crippen LogP contribution in [-0.4, -0.2) is 17.9 Å². The van der Waals surface area contributed by atoms with Crippen molar-refractivity contribution in [2.24, 2.45) is 0 Å². The number of carbonyl (C=O) groups is 1. The van der Waals surface area contributed by atoms with Gasteiger partial charge in [0.25, 0.3) is 11.6 Å². The van der Waals surface area contributed by atoms with Crippen molar-refractivity contribution in [3.05, 3.63) is 69.8 Å². The van der Waals surface area contributed by atoms with E-state index in [4.69, 9.17) is 5.26 Å². The molecule has 104 valence electrons. The topological polar surface area (TPSA) is 87.2 Å². The molecule has 0 N–H and O–H groups in total. The van der Waals surface area contributed by atoms with E-state index < -0.39 is 4.92 Å². The highest BCUT2D eigenvalue weighted by molar-refractivity contribution is 6.05. The lowest BCUT2D eigenvalue weighted by Crippen LogP contribution is -2.26. The number of non-ortho nitro benzene ring substituents is 1. The molecule has 6 nitrogen and oxygen atoms in total. The Balaban J connectivity index is 2.21. The van der Waals surface area contributed by atoms with Gasteiger partial charge in [0.15, 0.2) is 0 Å². The summed E-state index contributed by atoms with van der Waals surface area (Å²) < 4.78 is 0. The molecule has 2 rings (SSSR count). The Kier molecular flexibility index (Phi) is 3.95. The van der Waals surface area contributed by atoms with Gasteiger partial charge in [-0.2, -0.15) is 5.26 Å². The first kappa shape index (κ1) is 14.2. The molecule has 0 aliphatic carbocycles. The molecule has 2 aromatic rings. The predicted molar refractivity (Wildman–Crippen MR) is 77.0 cm³/mol. The standard InChI is InChI=1S/C15H11N3O3/c1-17(13-6-8-14(9-7-13)18(20)21)15(19)12-4-2-11(10-16)3-5-12/h2-9H,1H3. The highest BCUT2D eigenvalue weighted by atomic mass is 16.6. The minimum Gasteiger partial charge on any atom is -0.311 e. The lowest BCUT2D eigenvalue weighted by Gasteiger charge is -2.17. The van der Waals surface area contributed by atoms with Crippen molar-refractivity contribution < 1.29 is 9.72 Å². The van der Waals surface area contributed by atoms with Gasteiger partial charge in [-0.25, -0.2) is 0 Å². The normalized spacial score (nSPS) is 9.71. The first-order valence-electron chi connectivity index (χ1n) is 6.05. The van der Waals surface area contributed by atoms with E-state index in [1.807, 2.05) is 6.07 Å². The third kappa shape index (κ3) is 3.04. The molecule has 0 aliphatic rings. The van der Waals surface area contributed by atoms with E-state index in [-0.39, 0.29) is 11.6 Å². The molecule has 0 atom stereocenters. The number of carbonyl (C=O) groups excluding carboxylic acids is 1. The molecule has 0 heterocycles. The fourth-order valence-corrected chi connectivity index (χ4v) is 1.80. The van der Waals surface area contributed by atoms with Crippen LogP contribution in [-0.2, 0) is 0 Å². The Morgan fingerprint density at radius 2 is 1.71 bits per heavy atom. The van der Waals surface area contributed by atoms with Crippen LogP contribution in [0.3, 0.4) is 0 Å². The second-order valence-electron chi connectivity index (χ2n) is 4.33. The number of hydrogen-bond donors (Lipinski definition) is 0. The number of nitrogens with zero attached hydrogens (tertiary/aromatic N) is 3. The van der Waals surface area contributed by atoms with Gasteiger partial charge in [-0.05, 0) is 36.4 Å². The highest BCUT2D eigenvalue weighted by Gasteiger charge is 2.14. The van der Waals surface area contributed by atoms with Crippen molar-refractivity contribution in [2.75, 3.05) is 11.9 Å². The SMILES string of the molecule is CN(C(=O)c1ccc(C#N)cc1)c1ccc([N+](=O)[O-])cc1. The van der Waals surface area contributed by atoms with Crippen LogP contribution in [0.5, 0.6) is 0 Å². The molecule has 0 spiro atoms. The van der Waals surface area contributed by atoms with E-state index in [9.17, 15) is 14.9 Å². The van der Waals surface area contributed by atoms with Crippen molar-refractivity contribution >= 4 is 17.3 Å². The van der Waals surface area contributed by atoms with Gasteiger partial charge in [0.1, 0.15) is 0 Å². The second-order valence-corrected chi connectivity index (χ2v) is 4.33.